The maximum atomic E-state index is 13.8. The number of aryl methyl sites for hydroxylation is 1. The van der Waals surface area contributed by atoms with Gasteiger partial charge >= 0.3 is 5.97 Å². The Hall–Kier alpha value is -2.23. The lowest BCUT2D eigenvalue weighted by molar-refractivity contribution is -0.138. The number of hydrogen-bond acceptors (Lipinski definition) is 5. The molecular formula is C15H20F2N4O4. The highest BCUT2D eigenvalue weighted by atomic mass is 19.3. The van der Waals surface area contributed by atoms with Crippen LogP contribution in [0.2, 0.25) is 0 Å². The number of ether oxygens (including phenoxy) is 1. The highest BCUT2D eigenvalue weighted by molar-refractivity contribution is 5.90. The van der Waals surface area contributed by atoms with Gasteiger partial charge in [-0.3, -0.25) is 9.48 Å². The maximum absolute atomic E-state index is 13.8. The summed E-state index contributed by atoms with van der Waals surface area (Å²) in [5.41, 5.74) is 0.489. The molecule has 0 aromatic carbocycles. The first-order valence-electron chi connectivity index (χ1n) is 8.03. The average Bonchev–Trinajstić information content (AvgIpc) is 3.10. The quantitative estimate of drug-likeness (QED) is 0.838. The first-order chi connectivity index (χ1) is 11.8. The predicted molar refractivity (Wildman–Crippen MR) is 82.5 cm³/mol. The maximum Gasteiger partial charge on any atom is 0.326 e. The number of carbonyl (C=O) groups is 2. The van der Waals surface area contributed by atoms with E-state index < -0.39 is 43.0 Å². The summed E-state index contributed by atoms with van der Waals surface area (Å²) in [5, 5.41) is 13.5. The number of aliphatic carboxylic acids is 1. The van der Waals surface area contributed by atoms with Crippen LogP contribution in [0, 0.1) is 0 Å². The van der Waals surface area contributed by atoms with E-state index in [-0.39, 0.29) is 26.0 Å². The number of amides is 1. The number of carboxylic acid groups (broad SMARTS) is 1. The molecule has 1 amide bonds. The Balaban J connectivity index is 1.86. The summed E-state index contributed by atoms with van der Waals surface area (Å²) in [6.45, 7) is -1.35. The van der Waals surface area contributed by atoms with Gasteiger partial charge in [-0.25, -0.2) is 13.6 Å². The van der Waals surface area contributed by atoms with Crippen LogP contribution in [-0.4, -0.2) is 76.0 Å². The van der Waals surface area contributed by atoms with E-state index in [0.29, 0.717) is 5.69 Å². The summed E-state index contributed by atoms with van der Waals surface area (Å²) in [6.07, 6.45) is 3.64. The Morgan fingerprint density at radius 1 is 1.36 bits per heavy atom. The molecule has 1 aromatic heterocycles. The number of aromatic nitrogens is 2. The Labute approximate surface area is 142 Å². The molecule has 0 aliphatic carbocycles. The van der Waals surface area contributed by atoms with Crippen molar-refractivity contribution in [3.8, 4) is 0 Å². The van der Waals surface area contributed by atoms with Crippen molar-refractivity contribution < 1.29 is 28.2 Å². The zero-order valence-corrected chi connectivity index (χ0v) is 13.8. The predicted octanol–water partition coefficient (Wildman–Crippen LogP) is 0.336. The van der Waals surface area contributed by atoms with Crippen LogP contribution in [0.15, 0.2) is 12.4 Å². The van der Waals surface area contributed by atoms with Crippen molar-refractivity contribution in [3.63, 3.8) is 0 Å². The SMILES string of the molecule is Cn1cc(N2C(C(=O)O)CCC2C(=O)N2CCOCC(F)(F)C2)cn1. The van der Waals surface area contributed by atoms with Gasteiger partial charge in [0.05, 0.1) is 25.0 Å². The second-order valence-corrected chi connectivity index (χ2v) is 6.39. The number of rotatable bonds is 3. The summed E-state index contributed by atoms with van der Waals surface area (Å²) >= 11 is 0. The second-order valence-electron chi connectivity index (χ2n) is 6.39. The van der Waals surface area contributed by atoms with Crippen molar-refractivity contribution >= 4 is 17.6 Å². The van der Waals surface area contributed by atoms with Crippen molar-refractivity contribution in [2.75, 3.05) is 31.2 Å². The number of hydrogen-bond donors (Lipinski definition) is 1. The van der Waals surface area contributed by atoms with Gasteiger partial charge in [0, 0.05) is 19.8 Å². The molecule has 1 aromatic rings. The van der Waals surface area contributed by atoms with Crippen LogP contribution in [0.1, 0.15) is 12.8 Å². The molecule has 0 saturated carbocycles. The summed E-state index contributed by atoms with van der Waals surface area (Å²) in [5.74, 6) is -4.67. The third-order valence-corrected chi connectivity index (χ3v) is 4.50. The number of nitrogens with zero attached hydrogens (tertiary/aromatic N) is 4. The summed E-state index contributed by atoms with van der Waals surface area (Å²) in [4.78, 5) is 27.0. The van der Waals surface area contributed by atoms with E-state index in [1.165, 1.54) is 15.8 Å². The van der Waals surface area contributed by atoms with Crippen molar-refractivity contribution in [1.29, 1.82) is 0 Å². The van der Waals surface area contributed by atoms with Crippen LogP contribution in [0.4, 0.5) is 14.5 Å². The van der Waals surface area contributed by atoms with E-state index in [0.717, 1.165) is 4.90 Å². The molecule has 1 N–H and O–H groups in total. The fourth-order valence-electron chi connectivity index (χ4n) is 3.40. The number of anilines is 1. The lowest BCUT2D eigenvalue weighted by atomic mass is 10.1. The zero-order valence-electron chi connectivity index (χ0n) is 13.8. The largest absolute Gasteiger partial charge is 0.480 e. The van der Waals surface area contributed by atoms with Crippen LogP contribution in [0.25, 0.3) is 0 Å². The highest BCUT2D eigenvalue weighted by Gasteiger charge is 2.45. The van der Waals surface area contributed by atoms with E-state index in [4.69, 9.17) is 4.74 Å². The van der Waals surface area contributed by atoms with Crippen LogP contribution in [-0.2, 0) is 21.4 Å². The van der Waals surface area contributed by atoms with Crippen LogP contribution < -0.4 is 4.90 Å². The Morgan fingerprint density at radius 3 is 2.72 bits per heavy atom. The van der Waals surface area contributed by atoms with E-state index >= 15 is 0 Å². The van der Waals surface area contributed by atoms with Gasteiger partial charge in [0.1, 0.15) is 18.7 Å². The van der Waals surface area contributed by atoms with Gasteiger partial charge in [0.25, 0.3) is 5.92 Å². The van der Waals surface area contributed by atoms with Crippen molar-refractivity contribution in [2.24, 2.45) is 7.05 Å². The molecule has 3 rings (SSSR count). The molecule has 0 spiro atoms. The molecule has 0 radical (unpaired) electrons. The molecule has 10 heteroatoms. The van der Waals surface area contributed by atoms with E-state index in [1.54, 1.807) is 13.2 Å². The normalized spacial score (nSPS) is 26.5. The molecule has 0 bridgehead atoms. The van der Waals surface area contributed by atoms with Gasteiger partial charge in [0.15, 0.2) is 0 Å². The molecule has 2 atom stereocenters. The zero-order chi connectivity index (χ0) is 18.2. The van der Waals surface area contributed by atoms with Crippen LogP contribution in [0.5, 0.6) is 0 Å². The van der Waals surface area contributed by atoms with Crippen LogP contribution >= 0.6 is 0 Å². The Morgan fingerprint density at radius 2 is 2.08 bits per heavy atom. The standard InChI is InChI=1S/C15H20F2N4O4/c1-19-7-10(6-18-19)21-11(2-3-12(21)14(23)24)13(22)20-4-5-25-9-15(16,17)8-20/h6-7,11-12H,2-5,8-9H2,1H3,(H,23,24). The van der Waals surface area contributed by atoms with Gasteiger partial charge in [-0.05, 0) is 12.8 Å². The minimum Gasteiger partial charge on any atom is -0.480 e. The lowest BCUT2D eigenvalue weighted by Gasteiger charge is -2.32. The molecule has 138 valence electrons. The monoisotopic (exact) mass is 358 g/mol. The van der Waals surface area contributed by atoms with E-state index in [1.807, 2.05) is 0 Å². The number of alkyl halides is 2. The fraction of sp³-hybridized carbons (Fsp3) is 0.667. The Kier molecular flexibility index (Phi) is 4.63. The minimum absolute atomic E-state index is 0.0311. The first-order valence-corrected chi connectivity index (χ1v) is 8.03. The van der Waals surface area contributed by atoms with Gasteiger partial charge in [-0.15, -0.1) is 0 Å². The molecular weight excluding hydrogens is 338 g/mol. The third kappa shape index (κ3) is 3.58. The van der Waals surface area contributed by atoms with Gasteiger partial charge in [-0.2, -0.15) is 5.10 Å². The smallest absolute Gasteiger partial charge is 0.326 e. The minimum atomic E-state index is -3.11. The van der Waals surface area contributed by atoms with Gasteiger partial charge < -0.3 is 19.6 Å². The third-order valence-electron chi connectivity index (χ3n) is 4.50. The number of carbonyl (C=O) groups excluding carboxylic acids is 1. The van der Waals surface area contributed by atoms with Crippen LogP contribution in [0.3, 0.4) is 0 Å². The molecule has 25 heavy (non-hydrogen) atoms. The molecule has 2 aliphatic rings. The molecule has 3 heterocycles. The fourth-order valence-corrected chi connectivity index (χ4v) is 3.40. The Bertz CT molecular complexity index is 666. The average molecular weight is 358 g/mol. The second kappa shape index (κ2) is 6.58. The van der Waals surface area contributed by atoms with Gasteiger partial charge in [-0.1, -0.05) is 0 Å². The summed E-state index contributed by atoms with van der Waals surface area (Å²) in [7, 11) is 1.68. The number of halogens is 2. The highest BCUT2D eigenvalue weighted by Crippen LogP contribution is 2.32. The number of carboxylic acids is 1. The summed E-state index contributed by atoms with van der Waals surface area (Å²) < 4.78 is 33.9. The molecule has 2 aliphatic heterocycles. The van der Waals surface area contributed by atoms with Gasteiger partial charge in [0.2, 0.25) is 5.91 Å². The first kappa shape index (κ1) is 17.6. The van der Waals surface area contributed by atoms with Crippen molar-refractivity contribution in [3.05, 3.63) is 12.4 Å². The summed E-state index contributed by atoms with van der Waals surface area (Å²) in [6, 6.07) is -1.69. The molecule has 2 saturated heterocycles. The topological polar surface area (TPSA) is 87.9 Å². The molecule has 2 fully saturated rings. The van der Waals surface area contributed by atoms with E-state index in [2.05, 4.69) is 5.10 Å². The lowest BCUT2D eigenvalue weighted by Crippen LogP contribution is -2.52. The van der Waals surface area contributed by atoms with Crippen molar-refractivity contribution in [2.45, 2.75) is 30.8 Å². The molecule has 8 nitrogen and oxygen atoms in total. The van der Waals surface area contributed by atoms with Crippen molar-refractivity contribution in [1.82, 2.24) is 14.7 Å². The molecule has 2 unspecified atom stereocenters. The van der Waals surface area contributed by atoms with E-state index in [9.17, 15) is 23.5 Å².